The van der Waals surface area contributed by atoms with E-state index in [1.54, 1.807) is 7.11 Å². The molecule has 1 rings (SSSR count). The van der Waals surface area contributed by atoms with Gasteiger partial charge in [-0.3, -0.25) is 4.79 Å². The lowest BCUT2D eigenvalue weighted by molar-refractivity contribution is -0.124. The molecule has 0 radical (unpaired) electrons. The van der Waals surface area contributed by atoms with E-state index in [1.807, 2.05) is 39.0 Å². The van der Waals surface area contributed by atoms with Crippen molar-refractivity contribution in [2.75, 3.05) is 26.9 Å². The van der Waals surface area contributed by atoms with Gasteiger partial charge in [-0.05, 0) is 64.3 Å². The lowest BCUT2D eigenvalue weighted by Crippen LogP contribution is -2.43. The Hall–Kier alpha value is -1.50. The number of nitrogens with one attached hydrogen (secondary N) is 2. The van der Waals surface area contributed by atoms with Gasteiger partial charge in [-0.25, -0.2) is 0 Å². The van der Waals surface area contributed by atoms with E-state index in [9.17, 15) is 4.79 Å². The minimum Gasteiger partial charge on any atom is -0.493 e. The fourth-order valence-electron chi connectivity index (χ4n) is 2.31. The Kier molecular flexibility index (Phi) is 12.1. The van der Waals surface area contributed by atoms with Gasteiger partial charge in [-0.2, -0.15) is 0 Å². The van der Waals surface area contributed by atoms with Crippen molar-refractivity contribution < 1.29 is 19.4 Å². The molecule has 0 aromatic heterocycles. The second-order valence-corrected chi connectivity index (χ2v) is 7.03. The van der Waals surface area contributed by atoms with E-state index in [4.69, 9.17) is 14.6 Å². The van der Waals surface area contributed by atoms with Crippen LogP contribution < -0.4 is 20.1 Å². The molecular formula is C19H33ClN2O4. The minimum absolute atomic E-state index is 0. The molecule has 0 bridgehead atoms. The van der Waals surface area contributed by atoms with E-state index >= 15 is 0 Å². The van der Waals surface area contributed by atoms with Crippen molar-refractivity contribution in [2.24, 2.45) is 0 Å². The van der Waals surface area contributed by atoms with Crippen molar-refractivity contribution >= 4 is 18.3 Å². The first-order chi connectivity index (χ1) is 11.9. The number of aliphatic hydroxyl groups excluding tert-OH is 1. The Morgan fingerprint density at radius 1 is 1.15 bits per heavy atom. The average Bonchev–Trinajstić information content (AvgIpc) is 2.55. The number of carbonyl (C=O) groups excluding carboxylic acids is 1. The van der Waals surface area contributed by atoms with Crippen LogP contribution >= 0.6 is 12.4 Å². The van der Waals surface area contributed by atoms with Gasteiger partial charge >= 0.3 is 0 Å². The van der Waals surface area contributed by atoms with Gasteiger partial charge in [0.05, 0.1) is 7.11 Å². The lowest BCUT2D eigenvalue weighted by atomic mass is 10.1. The summed E-state index contributed by atoms with van der Waals surface area (Å²) in [6.07, 6.45) is 2.92. The summed E-state index contributed by atoms with van der Waals surface area (Å²) < 4.78 is 10.9. The predicted molar refractivity (Wildman–Crippen MR) is 106 cm³/mol. The summed E-state index contributed by atoms with van der Waals surface area (Å²) in [5.41, 5.74) is 0.808. The maximum absolute atomic E-state index is 11.8. The van der Waals surface area contributed by atoms with E-state index in [1.165, 1.54) is 0 Å². The summed E-state index contributed by atoms with van der Waals surface area (Å²) in [5.74, 6) is 1.00. The number of ether oxygens (including phenoxy) is 2. The number of benzene rings is 1. The fraction of sp³-hybridized carbons (Fsp3) is 0.632. The highest BCUT2D eigenvalue weighted by Crippen LogP contribution is 2.28. The van der Waals surface area contributed by atoms with Crippen molar-refractivity contribution in [3.05, 3.63) is 23.8 Å². The summed E-state index contributed by atoms with van der Waals surface area (Å²) in [7, 11) is 1.59. The third kappa shape index (κ3) is 10.5. The molecule has 7 heteroatoms. The zero-order valence-corrected chi connectivity index (χ0v) is 17.1. The van der Waals surface area contributed by atoms with Gasteiger partial charge in [0.25, 0.3) is 5.91 Å². The lowest BCUT2D eigenvalue weighted by Gasteiger charge is -2.20. The van der Waals surface area contributed by atoms with Crippen LogP contribution in [0, 0.1) is 0 Å². The number of rotatable bonds is 11. The van der Waals surface area contributed by atoms with Crippen LogP contribution in [0.25, 0.3) is 0 Å². The smallest absolute Gasteiger partial charge is 0.258 e. The van der Waals surface area contributed by atoms with Gasteiger partial charge in [0.1, 0.15) is 0 Å². The molecule has 0 atom stereocenters. The molecule has 0 saturated heterocycles. The maximum Gasteiger partial charge on any atom is 0.258 e. The summed E-state index contributed by atoms with van der Waals surface area (Å²) in [6, 6.07) is 5.70. The molecule has 0 saturated carbocycles. The Morgan fingerprint density at radius 3 is 2.50 bits per heavy atom. The monoisotopic (exact) mass is 388 g/mol. The molecule has 0 aliphatic carbocycles. The first kappa shape index (κ1) is 24.5. The van der Waals surface area contributed by atoms with Gasteiger partial charge < -0.3 is 25.2 Å². The number of aliphatic hydroxyl groups is 1. The highest BCUT2D eigenvalue weighted by atomic mass is 35.5. The minimum atomic E-state index is -0.281. The zero-order valence-electron chi connectivity index (χ0n) is 16.3. The molecule has 0 aliphatic rings. The molecule has 0 fully saturated rings. The first-order valence-corrected chi connectivity index (χ1v) is 8.78. The number of hydrogen-bond acceptors (Lipinski definition) is 5. The van der Waals surface area contributed by atoms with Crippen molar-refractivity contribution in [3.8, 4) is 11.5 Å². The summed E-state index contributed by atoms with van der Waals surface area (Å²) >= 11 is 0. The van der Waals surface area contributed by atoms with Crippen LogP contribution in [0.1, 0.15) is 45.6 Å². The SMILES string of the molecule is COc1cc(CNCCCCCO)ccc1OCC(=O)NC(C)(C)C.Cl. The molecular weight excluding hydrogens is 356 g/mol. The quantitative estimate of drug-likeness (QED) is 0.508. The van der Waals surface area contributed by atoms with Gasteiger partial charge in [0.15, 0.2) is 18.1 Å². The topological polar surface area (TPSA) is 79.8 Å². The van der Waals surface area contributed by atoms with Crippen LogP contribution in [0.5, 0.6) is 11.5 Å². The van der Waals surface area contributed by atoms with E-state index in [0.717, 1.165) is 37.9 Å². The van der Waals surface area contributed by atoms with Crippen molar-refractivity contribution in [1.29, 1.82) is 0 Å². The number of amides is 1. The molecule has 0 spiro atoms. The molecule has 3 N–H and O–H groups in total. The van der Waals surface area contributed by atoms with E-state index < -0.39 is 0 Å². The van der Waals surface area contributed by atoms with Crippen LogP contribution in [0.4, 0.5) is 0 Å². The summed E-state index contributed by atoms with van der Waals surface area (Å²) in [5, 5.41) is 15.0. The molecule has 1 aromatic carbocycles. The van der Waals surface area contributed by atoms with Gasteiger partial charge in [0, 0.05) is 18.7 Å². The first-order valence-electron chi connectivity index (χ1n) is 8.78. The molecule has 0 unspecified atom stereocenters. The zero-order chi connectivity index (χ0) is 18.7. The second-order valence-electron chi connectivity index (χ2n) is 7.03. The highest BCUT2D eigenvalue weighted by Gasteiger charge is 2.15. The van der Waals surface area contributed by atoms with Crippen molar-refractivity contribution in [1.82, 2.24) is 10.6 Å². The molecule has 6 nitrogen and oxygen atoms in total. The molecule has 1 amide bonds. The van der Waals surface area contributed by atoms with Crippen LogP contribution in [0.3, 0.4) is 0 Å². The number of unbranched alkanes of at least 4 members (excludes halogenated alkanes) is 2. The number of carbonyl (C=O) groups is 1. The molecule has 0 aliphatic heterocycles. The normalized spacial score (nSPS) is 10.8. The largest absolute Gasteiger partial charge is 0.493 e. The maximum atomic E-state index is 11.8. The molecule has 150 valence electrons. The van der Waals surface area contributed by atoms with E-state index in [0.29, 0.717) is 11.5 Å². The van der Waals surface area contributed by atoms with Gasteiger partial charge in [0.2, 0.25) is 0 Å². The fourth-order valence-corrected chi connectivity index (χ4v) is 2.31. The van der Waals surface area contributed by atoms with Crippen molar-refractivity contribution in [3.63, 3.8) is 0 Å². The number of halogens is 1. The average molecular weight is 389 g/mol. The molecule has 0 heterocycles. The Bertz CT molecular complexity index is 533. The van der Waals surface area contributed by atoms with Gasteiger partial charge in [-0.15, -0.1) is 12.4 Å². The highest BCUT2D eigenvalue weighted by molar-refractivity contribution is 5.85. The summed E-state index contributed by atoms with van der Waals surface area (Å²) in [6.45, 7) is 7.64. The molecule has 1 aromatic rings. The Morgan fingerprint density at radius 2 is 1.88 bits per heavy atom. The number of hydrogen-bond donors (Lipinski definition) is 3. The van der Waals surface area contributed by atoms with Crippen LogP contribution in [0.2, 0.25) is 0 Å². The Labute approximate surface area is 163 Å². The van der Waals surface area contributed by atoms with Gasteiger partial charge in [-0.1, -0.05) is 6.07 Å². The predicted octanol–water partition coefficient (Wildman–Crippen LogP) is 2.66. The summed E-state index contributed by atoms with van der Waals surface area (Å²) in [4.78, 5) is 11.8. The van der Waals surface area contributed by atoms with E-state index in [2.05, 4.69) is 10.6 Å². The molecule has 26 heavy (non-hydrogen) atoms. The van der Waals surface area contributed by atoms with Crippen LogP contribution in [-0.2, 0) is 11.3 Å². The Balaban J connectivity index is 0.00000625. The number of methoxy groups -OCH3 is 1. The van der Waals surface area contributed by atoms with Crippen LogP contribution in [-0.4, -0.2) is 43.4 Å². The third-order valence-corrected chi connectivity index (χ3v) is 3.44. The standard InChI is InChI=1S/C19H32N2O4.ClH/c1-19(2,3)21-18(23)14-25-16-9-8-15(12-17(16)24-4)13-20-10-6-5-7-11-22;/h8-9,12,20,22H,5-7,10-11,13-14H2,1-4H3,(H,21,23);1H. The second kappa shape index (κ2) is 12.8. The third-order valence-electron chi connectivity index (χ3n) is 3.44. The van der Waals surface area contributed by atoms with Crippen molar-refractivity contribution in [2.45, 2.75) is 52.1 Å². The van der Waals surface area contributed by atoms with Crippen LogP contribution in [0.15, 0.2) is 18.2 Å². The van der Waals surface area contributed by atoms with E-state index in [-0.39, 0.29) is 37.1 Å².